The molecular formula is C24H28N8. The maximum absolute atomic E-state index is 4.73. The molecule has 8 nitrogen and oxygen atoms in total. The molecule has 3 N–H and O–H groups in total. The molecule has 1 fully saturated rings. The Kier molecular flexibility index (Phi) is 6.20. The number of fused-ring (bicyclic) bond motifs is 1. The molecule has 0 unspecified atom stereocenters. The smallest absolute Gasteiger partial charge is 0.224 e. The van der Waals surface area contributed by atoms with E-state index in [2.05, 4.69) is 47.8 Å². The topological polar surface area (TPSA) is 94.6 Å². The van der Waals surface area contributed by atoms with Gasteiger partial charge in [0.25, 0.3) is 0 Å². The summed E-state index contributed by atoms with van der Waals surface area (Å²) >= 11 is 0. The maximum atomic E-state index is 4.73. The summed E-state index contributed by atoms with van der Waals surface area (Å²) in [6, 6.07) is 16.2. The van der Waals surface area contributed by atoms with E-state index >= 15 is 0 Å². The van der Waals surface area contributed by atoms with E-state index in [1.165, 1.54) is 37.9 Å². The molecule has 32 heavy (non-hydrogen) atoms. The molecule has 0 spiro atoms. The molecule has 3 aromatic heterocycles. The van der Waals surface area contributed by atoms with Crippen LogP contribution in [0.2, 0.25) is 0 Å². The highest BCUT2D eigenvalue weighted by Crippen LogP contribution is 2.25. The lowest BCUT2D eigenvalue weighted by Gasteiger charge is -2.26. The number of anilines is 2. The zero-order valence-corrected chi connectivity index (χ0v) is 18.1. The first-order valence-corrected chi connectivity index (χ1v) is 11.3. The molecule has 0 aliphatic carbocycles. The molecule has 164 valence electrons. The lowest BCUT2D eigenvalue weighted by atomic mass is 10.1. The SMILES string of the molecule is c1ccc(CNc2cccc(-c3n[nH]c4nc(NCCN5CCCCC5)ncc34)n2)cc1. The first kappa shape index (κ1) is 20.4. The van der Waals surface area contributed by atoms with Gasteiger partial charge in [-0.15, -0.1) is 0 Å². The summed E-state index contributed by atoms with van der Waals surface area (Å²) in [5.41, 5.74) is 3.45. The number of rotatable bonds is 8. The van der Waals surface area contributed by atoms with E-state index in [0.29, 0.717) is 18.1 Å². The summed E-state index contributed by atoms with van der Waals surface area (Å²) in [4.78, 5) is 16.3. The van der Waals surface area contributed by atoms with Gasteiger partial charge in [0.15, 0.2) is 5.65 Å². The summed E-state index contributed by atoms with van der Waals surface area (Å²) in [7, 11) is 0. The Labute approximate surface area is 187 Å². The second kappa shape index (κ2) is 9.74. The summed E-state index contributed by atoms with van der Waals surface area (Å²) in [5.74, 6) is 1.43. The van der Waals surface area contributed by atoms with E-state index in [1.807, 2.05) is 42.6 Å². The van der Waals surface area contributed by atoms with Crippen LogP contribution in [0.3, 0.4) is 0 Å². The van der Waals surface area contributed by atoms with Gasteiger partial charge in [-0.25, -0.2) is 9.97 Å². The van der Waals surface area contributed by atoms with Gasteiger partial charge in [0.1, 0.15) is 11.5 Å². The summed E-state index contributed by atoms with van der Waals surface area (Å²) in [6.45, 7) is 4.95. The summed E-state index contributed by atoms with van der Waals surface area (Å²) in [6.07, 6.45) is 5.77. The number of hydrogen-bond donors (Lipinski definition) is 3. The molecule has 8 heteroatoms. The summed E-state index contributed by atoms with van der Waals surface area (Å²) in [5, 5.41) is 15.1. The number of piperidine rings is 1. The second-order valence-electron chi connectivity index (χ2n) is 8.10. The molecular weight excluding hydrogens is 400 g/mol. The third-order valence-corrected chi connectivity index (χ3v) is 5.79. The Morgan fingerprint density at radius 2 is 1.78 bits per heavy atom. The maximum Gasteiger partial charge on any atom is 0.224 e. The van der Waals surface area contributed by atoms with E-state index < -0.39 is 0 Å². The minimum Gasteiger partial charge on any atom is -0.366 e. The van der Waals surface area contributed by atoms with Crippen LogP contribution in [0, 0.1) is 0 Å². The number of aromatic amines is 1. The quantitative estimate of drug-likeness (QED) is 0.391. The van der Waals surface area contributed by atoms with Crippen LogP contribution in [0.15, 0.2) is 54.7 Å². The van der Waals surface area contributed by atoms with Crippen molar-refractivity contribution in [1.82, 2.24) is 30.0 Å². The van der Waals surface area contributed by atoms with Gasteiger partial charge < -0.3 is 15.5 Å². The number of hydrogen-bond acceptors (Lipinski definition) is 7. The fourth-order valence-electron chi connectivity index (χ4n) is 4.05. The van der Waals surface area contributed by atoms with E-state index in [0.717, 1.165) is 35.7 Å². The van der Waals surface area contributed by atoms with Crippen LogP contribution < -0.4 is 10.6 Å². The highest BCUT2D eigenvalue weighted by atomic mass is 15.2. The molecule has 0 radical (unpaired) electrons. The van der Waals surface area contributed by atoms with Crippen LogP contribution in [-0.4, -0.2) is 56.2 Å². The molecule has 1 saturated heterocycles. The lowest BCUT2D eigenvalue weighted by molar-refractivity contribution is 0.237. The van der Waals surface area contributed by atoms with E-state index in [4.69, 9.17) is 4.98 Å². The highest BCUT2D eigenvalue weighted by Gasteiger charge is 2.13. The van der Waals surface area contributed by atoms with E-state index in [9.17, 15) is 0 Å². The lowest BCUT2D eigenvalue weighted by Crippen LogP contribution is -2.33. The van der Waals surface area contributed by atoms with Crippen LogP contribution in [-0.2, 0) is 6.54 Å². The van der Waals surface area contributed by atoms with Crippen molar-refractivity contribution in [3.8, 4) is 11.4 Å². The van der Waals surface area contributed by atoms with Crippen molar-refractivity contribution < 1.29 is 0 Å². The normalized spacial score (nSPS) is 14.5. The third kappa shape index (κ3) is 4.86. The molecule has 1 aliphatic rings. The standard InChI is InChI=1S/C24H28N8/c1-3-8-18(9-4-1)16-26-21-11-7-10-20(28-21)22-19-17-27-24(29-23(19)31-30-22)25-12-15-32-13-5-2-6-14-32/h1,3-4,7-11,17H,2,5-6,12-16H2,(H,26,28)(H2,25,27,29,30,31). The highest BCUT2D eigenvalue weighted by molar-refractivity contribution is 5.89. The molecule has 4 aromatic rings. The van der Waals surface area contributed by atoms with Crippen LogP contribution in [0.4, 0.5) is 11.8 Å². The van der Waals surface area contributed by atoms with Crippen LogP contribution >= 0.6 is 0 Å². The Hall–Kier alpha value is -3.52. The Morgan fingerprint density at radius 1 is 0.906 bits per heavy atom. The Morgan fingerprint density at radius 3 is 2.66 bits per heavy atom. The van der Waals surface area contributed by atoms with Crippen molar-refractivity contribution in [3.05, 3.63) is 60.3 Å². The monoisotopic (exact) mass is 428 g/mol. The van der Waals surface area contributed by atoms with Crippen molar-refractivity contribution in [2.45, 2.75) is 25.8 Å². The van der Waals surface area contributed by atoms with Gasteiger partial charge in [-0.1, -0.05) is 42.8 Å². The van der Waals surface area contributed by atoms with Gasteiger partial charge >= 0.3 is 0 Å². The predicted molar refractivity (Wildman–Crippen MR) is 127 cm³/mol. The molecule has 4 heterocycles. The Bertz CT molecular complexity index is 1150. The molecule has 1 aromatic carbocycles. The number of aromatic nitrogens is 5. The minimum absolute atomic E-state index is 0.621. The van der Waals surface area contributed by atoms with Crippen LogP contribution in [0.25, 0.3) is 22.4 Å². The second-order valence-corrected chi connectivity index (χ2v) is 8.10. The molecule has 1 aliphatic heterocycles. The molecule has 0 atom stereocenters. The fraction of sp³-hybridized carbons (Fsp3) is 0.333. The van der Waals surface area contributed by atoms with Crippen LogP contribution in [0.1, 0.15) is 24.8 Å². The molecule has 0 saturated carbocycles. The molecule has 0 amide bonds. The average Bonchev–Trinajstić information content (AvgIpc) is 3.28. The van der Waals surface area contributed by atoms with Crippen molar-refractivity contribution in [2.24, 2.45) is 0 Å². The predicted octanol–water partition coefficient (Wildman–Crippen LogP) is 3.92. The van der Waals surface area contributed by atoms with Gasteiger partial charge in [0.05, 0.1) is 11.1 Å². The van der Waals surface area contributed by atoms with Gasteiger partial charge in [0.2, 0.25) is 5.95 Å². The first-order chi connectivity index (χ1) is 15.8. The first-order valence-electron chi connectivity index (χ1n) is 11.3. The average molecular weight is 429 g/mol. The van der Waals surface area contributed by atoms with E-state index in [1.54, 1.807) is 0 Å². The van der Waals surface area contributed by atoms with Gasteiger partial charge in [0, 0.05) is 25.8 Å². The van der Waals surface area contributed by atoms with Gasteiger partial charge in [-0.3, -0.25) is 5.10 Å². The molecule has 5 rings (SSSR count). The van der Waals surface area contributed by atoms with E-state index in [-0.39, 0.29) is 0 Å². The third-order valence-electron chi connectivity index (χ3n) is 5.79. The largest absolute Gasteiger partial charge is 0.366 e. The number of pyridine rings is 1. The zero-order chi connectivity index (χ0) is 21.6. The number of H-pyrrole nitrogens is 1. The number of nitrogens with zero attached hydrogens (tertiary/aromatic N) is 5. The number of benzene rings is 1. The minimum atomic E-state index is 0.621. The molecule has 0 bridgehead atoms. The number of nitrogens with one attached hydrogen (secondary N) is 3. The van der Waals surface area contributed by atoms with Crippen molar-refractivity contribution in [2.75, 3.05) is 36.8 Å². The summed E-state index contributed by atoms with van der Waals surface area (Å²) < 4.78 is 0. The van der Waals surface area contributed by atoms with Gasteiger partial charge in [-0.05, 0) is 43.6 Å². The Balaban J connectivity index is 1.25. The fourth-order valence-corrected chi connectivity index (χ4v) is 4.05. The number of likely N-dealkylation sites (tertiary alicyclic amines) is 1. The van der Waals surface area contributed by atoms with Crippen LogP contribution in [0.5, 0.6) is 0 Å². The zero-order valence-electron chi connectivity index (χ0n) is 18.1. The van der Waals surface area contributed by atoms with Crippen molar-refractivity contribution >= 4 is 22.8 Å². The van der Waals surface area contributed by atoms with Crippen molar-refractivity contribution in [1.29, 1.82) is 0 Å². The van der Waals surface area contributed by atoms with Crippen molar-refractivity contribution in [3.63, 3.8) is 0 Å². The van der Waals surface area contributed by atoms with Gasteiger partial charge in [-0.2, -0.15) is 10.1 Å².